The van der Waals surface area contributed by atoms with Gasteiger partial charge in [-0.05, 0) is 48.8 Å². The number of piperidine rings is 1. The summed E-state index contributed by atoms with van der Waals surface area (Å²) in [5.41, 5.74) is 1.26. The number of nitrogens with zero attached hydrogens (tertiary/aromatic N) is 6. The van der Waals surface area contributed by atoms with Crippen molar-refractivity contribution in [3.8, 4) is 0 Å². The van der Waals surface area contributed by atoms with Gasteiger partial charge in [0.1, 0.15) is 0 Å². The number of aromatic nitrogens is 6. The van der Waals surface area contributed by atoms with Crippen LogP contribution in [-0.2, 0) is 13.1 Å². The van der Waals surface area contributed by atoms with Crippen molar-refractivity contribution in [2.75, 3.05) is 13.1 Å². The lowest BCUT2D eigenvalue weighted by Gasteiger charge is -2.30. The first-order valence-electron chi connectivity index (χ1n) is 7.33. The van der Waals surface area contributed by atoms with Gasteiger partial charge in [0, 0.05) is 24.4 Å². The average Bonchev–Trinajstić information content (AvgIpc) is 3.13. The third-order valence-electron chi connectivity index (χ3n) is 3.96. The Bertz CT molecular complexity index is 511. The molecule has 1 aliphatic rings. The molecule has 2 aromatic heterocycles. The Balaban J connectivity index is 1.54. The van der Waals surface area contributed by atoms with Gasteiger partial charge in [0.2, 0.25) is 0 Å². The van der Waals surface area contributed by atoms with Crippen molar-refractivity contribution >= 4 is 0 Å². The number of hydrogen-bond acceptors (Lipinski definition) is 5. The maximum Gasteiger partial charge on any atom is 0.165 e. The lowest BCUT2D eigenvalue weighted by Crippen LogP contribution is -2.33. The molecule has 3 heterocycles. The average molecular weight is 275 g/mol. The van der Waals surface area contributed by atoms with Crippen LogP contribution in [0.3, 0.4) is 0 Å². The second kappa shape index (κ2) is 6.13. The van der Waals surface area contributed by atoms with Crippen LogP contribution in [0, 0.1) is 0 Å². The highest BCUT2D eigenvalue weighted by molar-refractivity contribution is 5.06. The second-order valence-electron chi connectivity index (χ2n) is 5.38. The van der Waals surface area contributed by atoms with E-state index < -0.39 is 0 Å². The number of rotatable bonds is 5. The van der Waals surface area contributed by atoms with Crippen LogP contribution in [0.5, 0.6) is 0 Å². The summed E-state index contributed by atoms with van der Waals surface area (Å²) in [6.07, 6.45) is 5.22. The normalized spacial score (nSPS) is 17.6. The maximum absolute atomic E-state index is 4.14. The van der Waals surface area contributed by atoms with E-state index in [1.165, 1.54) is 5.69 Å². The number of H-pyrrole nitrogens is 1. The van der Waals surface area contributed by atoms with Gasteiger partial charge in [0.15, 0.2) is 5.82 Å². The Morgan fingerprint density at radius 1 is 1.35 bits per heavy atom. The third kappa shape index (κ3) is 2.87. The van der Waals surface area contributed by atoms with Crippen LogP contribution >= 0.6 is 0 Å². The Morgan fingerprint density at radius 2 is 2.20 bits per heavy atom. The van der Waals surface area contributed by atoms with Crippen molar-refractivity contribution in [1.29, 1.82) is 0 Å². The van der Waals surface area contributed by atoms with Crippen LogP contribution in [0.15, 0.2) is 12.3 Å². The van der Waals surface area contributed by atoms with E-state index in [4.69, 9.17) is 0 Å². The van der Waals surface area contributed by atoms with E-state index in [9.17, 15) is 0 Å². The smallest absolute Gasteiger partial charge is 0.165 e. The zero-order chi connectivity index (χ0) is 13.8. The zero-order valence-electron chi connectivity index (χ0n) is 11.9. The van der Waals surface area contributed by atoms with E-state index >= 15 is 0 Å². The van der Waals surface area contributed by atoms with Crippen LogP contribution in [0.2, 0.25) is 0 Å². The fraction of sp³-hybridized carbons (Fsp3) is 0.692. The minimum absolute atomic E-state index is 0.611. The molecule has 1 saturated heterocycles. The van der Waals surface area contributed by atoms with E-state index in [0.717, 1.165) is 51.3 Å². The van der Waals surface area contributed by atoms with E-state index in [0.29, 0.717) is 5.92 Å². The standard InChI is InChI=1S/C13H21N7/c1-2-7-20-13(16-17-18-20)10-19-8-4-11(5-9-19)12-3-6-14-15-12/h3,6,11H,2,4-5,7-10H2,1H3,(H,14,15). The summed E-state index contributed by atoms with van der Waals surface area (Å²) in [5, 5.41) is 19.1. The quantitative estimate of drug-likeness (QED) is 0.887. The molecule has 0 amide bonds. The van der Waals surface area contributed by atoms with Gasteiger partial charge in [-0.3, -0.25) is 10.00 Å². The minimum atomic E-state index is 0.611. The molecule has 0 saturated carbocycles. The van der Waals surface area contributed by atoms with E-state index in [2.05, 4.69) is 43.6 Å². The van der Waals surface area contributed by atoms with Gasteiger partial charge >= 0.3 is 0 Å². The highest BCUT2D eigenvalue weighted by Crippen LogP contribution is 2.26. The lowest BCUT2D eigenvalue weighted by atomic mass is 9.94. The van der Waals surface area contributed by atoms with Crippen molar-refractivity contribution in [1.82, 2.24) is 35.3 Å². The highest BCUT2D eigenvalue weighted by Gasteiger charge is 2.22. The Labute approximate surface area is 118 Å². The molecule has 7 heteroatoms. The van der Waals surface area contributed by atoms with Crippen molar-refractivity contribution in [2.24, 2.45) is 0 Å². The highest BCUT2D eigenvalue weighted by atomic mass is 15.5. The molecule has 0 spiro atoms. The summed E-state index contributed by atoms with van der Waals surface area (Å²) in [6, 6.07) is 2.09. The number of tetrazole rings is 1. The number of nitrogens with one attached hydrogen (secondary N) is 1. The molecule has 108 valence electrons. The molecule has 0 radical (unpaired) electrons. The largest absolute Gasteiger partial charge is 0.296 e. The maximum atomic E-state index is 4.14. The molecule has 1 N–H and O–H groups in total. The van der Waals surface area contributed by atoms with Crippen LogP contribution in [-0.4, -0.2) is 48.4 Å². The molecule has 1 fully saturated rings. The fourth-order valence-corrected chi connectivity index (χ4v) is 2.82. The summed E-state index contributed by atoms with van der Waals surface area (Å²) < 4.78 is 1.92. The summed E-state index contributed by atoms with van der Waals surface area (Å²) in [5.74, 6) is 1.59. The predicted octanol–water partition coefficient (Wildman–Crippen LogP) is 1.19. The molecule has 3 rings (SSSR count). The van der Waals surface area contributed by atoms with Crippen molar-refractivity contribution in [3.63, 3.8) is 0 Å². The molecule has 2 aromatic rings. The second-order valence-corrected chi connectivity index (χ2v) is 5.38. The SMILES string of the molecule is CCCn1nnnc1CN1CCC(c2ccn[nH]2)CC1. The lowest BCUT2D eigenvalue weighted by molar-refractivity contribution is 0.195. The number of likely N-dealkylation sites (tertiary alicyclic amines) is 1. The Morgan fingerprint density at radius 3 is 2.90 bits per heavy atom. The number of hydrogen-bond donors (Lipinski definition) is 1. The topological polar surface area (TPSA) is 75.5 Å². The summed E-state index contributed by atoms with van der Waals surface area (Å²) in [6.45, 7) is 6.06. The molecule has 7 nitrogen and oxygen atoms in total. The molecule has 0 aromatic carbocycles. The first-order chi connectivity index (χ1) is 9.86. The molecule has 0 aliphatic carbocycles. The Hall–Kier alpha value is -1.76. The first-order valence-corrected chi connectivity index (χ1v) is 7.33. The van der Waals surface area contributed by atoms with Gasteiger partial charge in [-0.25, -0.2) is 4.68 Å². The van der Waals surface area contributed by atoms with Gasteiger partial charge in [-0.15, -0.1) is 5.10 Å². The molecule has 1 aliphatic heterocycles. The zero-order valence-corrected chi connectivity index (χ0v) is 11.9. The van der Waals surface area contributed by atoms with E-state index in [1.54, 1.807) is 0 Å². The van der Waals surface area contributed by atoms with Gasteiger partial charge in [0.25, 0.3) is 0 Å². The van der Waals surface area contributed by atoms with E-state index in [-0.39, 0.29) is 0 Å². The summed E-state index contributed by atoms with van der Waals surface area (Å²) >= 11 is 0. The molecule has 20 heavy (non-hydrogen) atoms. The number of aryl methyl sites for hydroxylation is 1. The van der Waals surface area contributed by atoms with Crippen LogP contribution < -0.4 is 0 Å². The molecule has 0 unspecified atom stereocenters. The van der Waals surface area contributed by atoms with Crippen LogP contribution in [0.25, 0.3) is 0 Å². The van der Waals surface area contributed by atoms with Crippen molar-refractivity contribution in [3.05, 3.63) is 23.8 Å². The molecule has 0 bridgehead atoms. The van der Waals surface area contributed by atoms with Crippen LogP contribution in [0.1, 0.15) is 43.6 Å². The van der Waals surface area contributed by atoms with Crippen molar-refractivity contribution in [2.45, 2.75) is 45.2 Å². The molecular weight excluding hydrogens is 254 g/mol. The monoisotopic (exact) mass is 275 g/mol. The fourth-order valence-electron chi connectivity index (χ4n) is 2.82. The molecular formula is C13H21N7. The van der Waals surface area contributed by atoms with Gasteiger partial charge in [0.05, 0.1) is 6.54 Å². The third-order valence-corrected chi connectivity index (χ3v) is 3.96. The van der Waals surface area contributed by atoms with E-state index in [1.807, 2.05) is 10.9 Å². The minimum Gasteiger partial charge on any atom is -0.296 e. The van der Waals surface area contributed by atoms with Gasteiger partial charge in [-0.1, -0.05) is 6.92 Å². The Kier molecular flexibility index (Phi) is 4.05. The van der Waals surface area contributed by atoms with Crippen molar-refractivity contribution < 1.29 is 0 Å². The van der Waals surface area contributed by atoms with Crippen LogP contribution in [0.4, 0.5) is 0 Å². The molecule has 0 atom stereocenters. The number of aromatic amines is 1. The predicted molar refractivity (Wildman–Crippen MR) is 73.9 cm³/mol. The summed E-state index contributed by atoms with van der Waals surface area (Å²) in [4.78, 5) is 2.44. The first kappa shape index (κ1) is 13.2. The summed E-state index contributed by atoms with van der Waals surface area (Å²) in [7, 11) is 0. The van der Waals surface area contributed by atoms with Gasteiger partial charge < -0.3 is 0 Å². The van der Waals surface area contributed by atoms with Gasteiger partial charge in [-0.2, -0.15) is 5.10 Å².